The second-order valence-corrected chi connectivity index (χ2v) is 7.72. The van der Waals surface area contributed by atoms with Crippen molar-refractivity contribution in [3.63, 3.8) is 0 Å². The Morgan fingerprint density at radius 3 is 2.60 bits per heavy atom. The third kappa shape index (κ3) is 3.56. The molecule has 2 aliphatic rings. The highest BCUT2D eigenvalue weighted by molar-refractivity contribution is 5.97. The molecule has 0 spiro atoms. The minimum Gasteiger partial charge on any atom is -0.383 e. The molecule has 1 atom stereocenters. The van der Waals surface area contributed by atoms with Crippen LogP contribution in [0.4, 0.5) is 5.82 Å². The molecule has 3 aromatic rings. The van der Waals surface area contributed by atoms with Crippen LogP contribution in [0.15, 0.2) is 54.7 Å². The molecule has 6 heteroatoms. The normalized spacial score (nSPS) is 18.5. The number of pyridine rings is 1. The summed E-state index contributed by atoms with van der Waals surface area (Å²) in [7, 11) is 0. The standard InChI is InChI=1S/C24H24N4O2/c25-23-21(17-5-6-20-18(11-17)7-8-27-24(20)29)12-19(13-28-23)15-1-3-16(4-2-15)22-14-26-9-10-30-22/h1-6,11-13,22,26H,7-10,14H2,(H2,25,28)(H,27,29). The number of aromatic nitrogens is 1. The molecule has 0 bridgehead atoms. The number of anilines is 1. The minimum absolute atomic E-state index is 0.0140. The molecule has 0 aliphatic carbocycles. The van der Waals surface area contributed by atoms with Gasteiger partial charge in [0.05, 0.1) is 12.7 Å². The molecule has 30 heavy (non-hydrogen) atoms. The highest BCUT2D eigenvalue weighted by Crippen LogP contribution is 2.32. The topological polar surface area (TPSA) is 89.3 Å². The number of nitrogens with zero attached hydrogens (tertiary/aromatic N) is 1. The Labute approximate surface area is 175 Å². The number of benzene rings is 2. The second kappa shape index (κ2) is 7.89. The van der Waals surface area contributed by atoms with Crippen LogP contribution in [0.3, 0.4) is 0 Å². The lowest BCUT2D eigenvalue weighted by atomic mass is 9.94. The third-order valence-corrected chi connectivity index (χ3v) is 5.80. The number of rotatable bonds is 3. The summed E-state index contributed by atoms with van der Waals surface area (Å²) in [6.07, 6.45) is 2.72. The van der Waals surface area contributed by atoms with Crippen molar-refractivity contribution < 1.29 is 9.53 Å². The SMILES string of the molecule is Nc1ncc(-c2ccc(C3CNCCO3)cc2)cc1-c1ccc2c(c1)CCNC2=O. The van der Waals surface area contributed by atoms with E-state index in [4.69, 9.17) is 10.5 Å². The summed E-state index contributed by atoms with van der Waals surface area (Å²) in [6, 6.07) is 16.4. The molecule has 1 amide bonds. The lowest BCUT2D eigenvalue weighted by molar-refractivity contribution is 0.0277. The van der Waals surface area contributed by atoms with E-state index in [0.29, 0.717) is 12.4 Å². The van der Waals surface area contributed by atoms with Gasteiger partial charge in [0.2, 0.25) is 0 Å². The summed E-state index contributed by atoms with van der Waals surface area (Å²) in [4.78, 5) is 16.5. The number of carbonyl (C=O) groups excluding carboxylic acids is 1. The molecule has 4 N–H and O–H groups in total. The van der Waals surface area contributed by atoms with Gasteiger partial charge in [-0.2, -0.15) is 0 Å². The number of fused-ring (bicyclic) bond motifs is 1. The van der Waals surface area contributed by atoms with Gasteiger partial charge in [0.1, 0.15) is 5.82 Å². The number of morpholine rings is 1. The number of nitrogens with one attached hydrogen (secondary N) is 2. The molecule has 3 heterocycles. The predicted octanol–water partition coefficient (Wildman–Crippen LogP) is 2.94. The maximum atomic E-state index is 12.0. The average molecular weight is 400 g/mol. The van der Waals surface area contributed by atoms with Crippen molar-refractivity contribution in [2.75, 3.05) is 32.0 Å². The van der Waals surface area contributed by atoms with Crippen LogP contribution >= 0.6 is 0 Å². The molecular formula is C24H24N4O2. The molecule has 152 valence electrons. The summed E-state index contributed by atoms with van der Waals surface area (Å²) in [5, 5.41) is 6.24. The average Bonchev–Trinajstić information content (AvgIpc) is 2.80. The zero-order chi connectivity index (χ0) is 20.5. The number of hydrogen-bond donors (Lipinski definition) is 3. The van der Waals surface area contributed by atoms with Crippen LogP contribution in [0.2, 0.25) is 0 Å². The van der Waals surface area contributed by atoms with Crippen LogP contribution in [-0.4, -0.2) is 37.1 Å². The van der Waals surface area contributed by atoms with Gasteiger partial charge >= 0.3 is 0 Å². The van der Waals surface area contributed by atoms with Gasteiger partial charge in [-0.25, -0.2) is 4.98 Å². The van der Waals surface area contributed by atoms with E-state index in [0.717, 1.165) is 59.5 Å². The van der Waals surface area contributed by atoms with Crippen LogP contribution in [-0.2, 0) is 11.2 Å². The van der Waals surface area contributed by atoms with E-state index in [9.17, 15) is 4.79 Å². The van der Waals surface area contributed by atoms with E-state index in [2.05, 4.69) is 52.0 Å². The first kappa shape index (κ1) is 18.8. The molecule has 1 saturated heterocycles. The minimum atomic E-state index is -0.0140. The number of amides is 1. The maximum absolute atomic E-state index is 12.0. The Kier molecular flexibility index (Phi) is 4.94. The second-order valence-electron chi connectivity index (χ2n) is 7.72. The quantitative estimate of drug-likeness (QED) is 0.629. The highest BCUT2D eigenvalue weighted by atomic mass is 16.5. The van der Waals surface area contributed by atoms with Crippen LogP contribution in [0.25, 0.3) is 22.3 Å². The Balaban J connectivity index is 1.46. The van der Waals surface area contributed by atoms with E-state index in [-0.39, 0.29) is 12.0 Å². The summed E-state index contributed by atoms with van der Waals surface area (Å²) >= 11 is 0. The summed E-state index contributed by atoms with van der Waals surface area (Å²) in [5.41, 5.74) is 13.1. The number of hydrogen-bond acceptors (Lipinski definition) is 5. The van der Waals surface area contributed by atoms with Crippen molar-refractivity contribution in [3.05, 3.63) is 71.4 Å². The zero-order valence-electron chi connectivity index (χ0n) is 16.7. The maximum Gasteiger partial charge on any atom is 0.251 e. The van der Waals surface area contributed by atoms with Crippen molar-refractivity contribution in [2.45, 2.75) is 12.5 Å². The van der Waals surface area contributed by atoms with Crippen molar-refractivity contribution in [3.8, 4) is 22.3 Å². The first-order valence-electron chi connectivity index (χ1n) is 10.3. The van der Waals surface area contributed by atoms with Crippen LogP contribution in [0.5, 0.6) is 0 Å². The lowest BCUT2D eigenvalue weighted by Gasteiger charge is -2.24. The monoisotopic (exact) mass is 400 g/mol. The first-order chi connectivity index (χ1) is 14.7. The molecular weight excluding hydrogens is 376 g/mol. The molecule has 2 aliphatic heterocycles. The molecule has 2 aromatic carbocycles. The van der Waals surface area contributed by atoms with Crippen molar-refractivity contribution >= 4 is 11.7 Å². The summed E-state index contributed by atoms with van der Waals surface area (Å²) in [6.45, 7) is 3.14. The number of nitrogens with two attached hydrogens (primary N) is 1. The molecule has 6 nitrogen and oxygen atoms in total. The molecule has 1 unspecified atom stereocenters. The van der Waals surface area contributed by atoms with Gasteiger partial charge in [-0.15, -0.1) is 0 Å². The van der Waals surface area contributed by atoms with Gasteiger partial charge in [0, 0.05) is 42.5 Å². The molecule has 5 rings (SSSR count). The van der Waals surface area contributed by atoms with Gasteiger partial charge < -0.3 is 21.1 Å². The third-order valence-electron chi connectivity index (χ3n) is 5.80. The van der Waals surface area contributed by atoms with Gasteiger partial charge in [-0.05, 0) is 40.8 Å². The van der Waals surface area contributed by atoms with Crippen molar-refractivity contribution in [2.24, 2.45) is 0 Å². The van der Waals surface area contributed by atoms with Gasteiger partial charge in [-0.1, -0.05) is 36.4 Å². The van der Waals surface area contributed by atoms with E-state index in [1.165, 1.54) is 5.56 Å². The lowest BCUT2D eigenvalue weighted by Crippen LogP contribution is -2.33. The Morgan fingerprint density at radius 1 is 0.967 bits per heavy atom. The first-order valence-corrected chi connectivity index (χ1v) is 10.3. The van der Waals surface area contributed by atoms with Crippen molar-refractivity contribution in [1.29, 1.82) is 0 Å². The number of ether oxygens (including phenoxy) is 1. The molecule has 0 radical (unpaired) electrons. The predicted molar refractivity (Wildman–Crippen MR) is 117 cm³/mol. The zero-order valence-corrected chi connectivity index (χ0v) is 16.7. The number of nitrogen functional groups attached to an aromatic ring is 1. The fraction of sp³-hybridized carbons (Fsp3) is 0.250. The van der Waals surface area contributed by atoms with E-state index in [1.54, 1.807) is 6.20 Å². The fourth-order valence-electron chi connectivity index (χ4n) is 4.13. The van der Waals surface area contributed by atoms with E-state index < -0.39 is 0 Å². The van der Waals surface area contributed by atoms with E-state index >= 15 is 0 Å². The molecule has 1 aromatic heterocycles. The number of carbonyl (C=O) groups is 1. The largest absolute Gasteiger partial charge is 0.383 e. The smallest absolute Gasteiger partial charge is 0.251 e. The van der Waals surface area contributed by atoms with Crippen molar-refractivity contribution in [1.82, 2.24) is 15.6 Å². The van der Waals surface area contributed by atoms with Crippen LogP contribution in [0, 0.1) is 0 Å². The molecule has 0 saturated carbocycles. The van der Waals surface area contributed by atoms with Gasteiger partial charge in [0.25, 0.3) is 5.91 Å². The molecule has 1 fully saturated rings. The Hall–Kier alpha value is -3.22. The van der Waals surface area contributed by atoms with Crippen LogP contribution < -0.4 is 16.4 Å². The van der Waals surface area contributed by atoms with Gasteiger partial charge in [0.15, 0.2) is 0 Å². The highest BCUT2D eigenvalue weighted by Gasteiger charge is 2.18. The Morgan fingerprint density at radius 2 is 1.80 bits per heavy atom. The summed E-state index contributed by atoms with van der Waals surface area (Å²) in [5.74, 6) is 0.470. The van der Waals surface area contributed by atoms with E-state index in [1.807, 2.05) is 12.1 Å². The fourth-order valence-corrected chi connectivity index (χ4v) is 4.13. The van der Waals surface area contributed by atoms with Gasteiger partial charge in [-0.3, -0.25) is 4.79 Å². The summed E-state index contributed by atoms with van der Waals surface area (Å²) < 4.78 is 5.84. The van der Waals surface area contributed by atoms with Crippen LogP contribution in [0.1, 0.15) is 27.6 Å². The Bertz CT molecular complexity index is 1090.